The number of hydrogen-bond acceptors (Lipinski definition) is 3. The first-order chi connectivity index (χ1) is 13.2. The van der Waals surface area contributed by atoms with E-state index in [1.54, 1.807) is 0 Å². The van der Waals surface area contributed by atoms with Gasteiger partial charge in [0.05, 0.1) is 5.41 Å². The quantitative estimate of drug-likeness (QED) is 0.697. The molecule has 5 nitrogen and oxygen atoms in total. The van der Waals surface area contributed by atoms with Crippen molar-refractivity contribution in [3.8, 4) is 0 Å². The highest BCUT2D eigenvalue weighted by molar-refractivity contribution is 5.97. The second kappa shape index (κ2) is 9.27. The van der Waals surface area contributed by atoms with Crippen LogP contribution in [0.5, 0.6) is 0 Å². The minimum atomic E-state index is -0.264. The smallest absolute Gasteiger partial charge is 0.232 e. The molecule has 2 saturated carbocycles. The number of fused-ring (bicyclic) bond motifs is 1. The van der Waals surface area contributed by atoms with E-state index >= 15 is 0 Å². The Morgan fingerprint density at radius 3 is 2.46 bits per heavy atom. The Morgan fingerprint density at radius 1 is 0.964 bits per heavy atom. The van der Waals surface area contributed by atoms with Gasteiger partial charge in [-0.1, -0.05) is 38.2 Å². The average Bonchev–Trinajstić information content (AvgIpc) is 3.14. The third-order valence-electron chi connectivity index (χ3n) is 6.85. The molecule has 3 aliphatic rings. The summed E-state index contributed by atoms with van der Waals surface area (Å²) in [6, 6.07) is 7.59. The van der Waals surface area contributed by atoms with Crippen molar-refractivity contribution < 1.29 is 9.59 Å². The molecule has 3 N–H and O–H groups in total. The Morgan fingerprint density at radius 2 is 1.68 bits per heavy atom. The van der Waals surface area contributed by atoms with E-state index in [9.17, 15) is 9.59 Å². The number of amides is 2. The lowest BCUT2D eigenvalue weighted by Gasteiger charge is -2.37. The van der Waals surface area contributed by atoms with Gasteiger partial charge in [-0.05, 0) is 56.3 Å². The van der Waals surface area contributed by atoms with E-state index in [1.807, 2.05) is 24.3 Å². The van der Waals surface area contributed by atoms with Crippen LogP contribution in [0.4, 0.5) is 11.4 Å². The number of hydrogen-bond donors (Lipinski definition) is 3. The van der Waals surface area contributed by atoms with Crippen LogP contribution >= 0.6 is 12.4 Å². The third kappa shape index (κ3) is 4.36. The van der Waals surface area contributed by atoms with Gasteiger partial charge < -0.3 is 16.0 Å². The normalized spacial score (nSPS) is 27.4. The van der Waals surface area contributed by atoms with Gasteiger partial charge in [-0.15, -0.1) is 12.4 Å². The second-order valence-electron chi connectivity index (χ2n) is 8.59. The first-order valence-electron chi connectivity index (χ1n) is 10.6. The molecule has 1 heterocycles. The highest BCUT2D eigenvalue weighted by Gasteiger charge is 2.49. The Kier molecular flexibility index (Phi) is 7.00. The summed E-state index contributed by atoms with van der Waals surface area (Å²) < 4.78 is 0. The number of anilines is 2. The van der Waals surface area contributed by atoms with Crippen molar-refractivity contribution >= 4 is 35.6 Å². The molecule has 1 aromatic carbocycles. The molecule has 154 valence electrons. The van der Waals surface area contributed by atoms with Gasteiger partial charge in [0.1, 0.15) is 0 Å². The Balaban J connectivity index is 0.00000225. The maximum Gasteiger partial charge on any atom is 0.232 e. The SMILES string of the molecule is Cl.O=C(Nc1cccc(NC(=O)[C@@]23CCCC[C@H]2CNC3)c1)C1CCCCC1. The molecule has 0 spiro atoms. The van der Waals surface area contributed by atoms with Crippen LogP contribution in [0.25, 0.3) is 0 Å². The summed E-state index contributed by atoms with van der Waals surface area (Å²) in [6.07, 6.45) is 9.96. The summed E-state index contributed by atoms with van der Waals surface area (Å²) in [6.45, 7) is 1.73. The van der Waals surface area contributed by atoms with Gasteiger partial charge >= 0.3 is 0 Å². The van der Waals surface area contributed by atoms with Gasteiger partial charge in [-0.25, -0.2) is 0 Å². The molecule has 0 bridgehead atoms. The monoisotopic (exact) mass is 405 g/mol. The van der Waals surface area contributed by atoms with Gasteiger partial charge in [0, 0.05) is 23.8 Å². The van der Waals surface area contributed by atoms with Crippen LogP contribution in [0.15, 0.2) is 24.3 Å². The molecule has 1 saturated heterocycles. The van der Waals surface area contributed by atoms with Crippen LogP contribution in [0.3, 0.4) is 0 Å². The number of carbonyl (C=O) groups is 2. The highest BCUT2D eigenvalue weighted by atomic mass is 35.5. The van der Waals surface area contributed by atoms with Crippen LogP contribution in [0.2, 0.25) is 0 Å². The molecule has 4 rings (SSSR count). The van der Waals surface area contributed by atoms with Crippen LogP contribution in [-0.4, -0.2) is 24.9 Å². The second-order valence-corrected chi connectivity index (χ2v) is 8.59. The van der Waals surface area contributed by atoms with E-state index in [2.05, 4.69) is 16.0 Å². The van der Waals surface area contributed by atoms with E-state index < -0.39 is 0 Å². The van der Waals surface area contributed by atoms with Crippen molar-refractivity contribution in [3.05, 3.63) is 24.3 Å². The number of rotatable bonds is 4. The Labute approximate surface area is 173 Å². The van der Waals surface area contributed by atoms with Crippen LogP contribution in [-0.2, 0) is 9.59 Å². The standard InChI is InChI=1S/C22H31N3O2.ClH/c26-20(16-7-2-1-3-8-16)24-18-10-6-11-19(13-18)25-21(27)22-12-5-4-9-17(22)14-23-15-22;/h6,10-11,13,16-17,23H,1-5,7-9,12,14-15H2,(H,24,26)(H,25,27);1H/t17-,22+;/m0./s1. The van der Waals surface area contributed by atoms with Gasteiger partial charge in [-0.2, -0.15) is 0 Å². The molecular formula is C22H32ClN3O2. The zero-order valence-corrected chi connectivity index (χ0v) is 17.3. The van der Waals surface area contributed by atoms with E-state index in [1.165, 1.54) is 12.8 Å². The van der Waals surface area contributed by atoms with Crippen LogP contribution in [0, 0.1) is 17.3 Å². The molecule has 0 unspecified atom stereocenters. The van der Waals surface area contributed by atoms with Crippen molar-refractivity contribution in [3.63, 3.8) is 0 Å². The zero-order valence-electron chi connectivity index (χ0n) is 16.5. The van der Waals surface area contributed by atoms with E-state index in [0.29, 0.717) is 5.92 Å². The summed E-state index contributed by atoms with van der Waals surface area (Å²) >= 11 is 0. The summed E-state index contributed by atoms with van der Waals surface area (Å²) in [5.74, 6) is 0.820. The predicted molar refractivity (Wildman–Crippen MR) is 115 cm³/mol. The minimum Gasteiger partial charge on any atom is -0.326 e. The van der Waals surface area contributed by atoms with Crippen molar-refractivity contribution in [2.75, 3.05) is 23.7 Å². The third-order valence-corrected chi connectivity index (χ3v) is 6.85. The zero-order chi connectivity index (χ0) is 18.7. The fourth-order valence-electron chi connectivity index (χ4n) is 5.23. The average molecular weight is 406 g/mol. The lowest BCUT2D eigenvalue weighted by atomic mass is 9.67. The van der Waals surface area contributed by atoms with Gasteiger partial charge in [0.15, 0.2) is 0 Å². The lowest BCUT2D eigenvalue weighted by Crippen LogP contribution is -2.44. The van der Waals surface area contributed by atoms with Crippen molar-refractivity contribution in [2.45, 2.75) is 57.8 Å². The summed E-state index contributed by atoms with van der Waals surface area (Å²) in [4.78, 5) is 25.6. The maximum absolute atomic E-state index is 13.1. The maximum atomic E-state index is 13.1. The van der Waals surface area contributed by atoms with E-state index in [0.717, 1.165) is 69.4 Å². The first kappa shape index (κ1) is 21.1. The van der Waals surface area contributed by atoms with Gasteiger partial charge in [0.25, 0.3) is 0 Å². The predicted octanol–water partition coefficient (Wildman–Crippen LogP) is 4.35. The van der Waals surface area contributed by atoms with Crippen molar-refractivity contribution in [1.82, 2.24) is 5.32 Å². The van der Waals surface area contributed by atoms with Crippen molar-refractivity contribution in [2.24, 2.45) is 17.3 Å². The molecule has 1 aliphatic heterocycles. The highest BCUT2D eigenvalue weighted by Crippen LogP contribution is 2.44. The number of benzene rings is 1. The summed E-state index contributed by atoms with van der Waals surface area (Å²) in [5, 5.41) is 9.61. The summed E-state index contributed by atoms with van der Waals surface area (Å²) in [7, 11) is 0. The fourth-order valence-corrected chi connectivity index (χ4v) is 5.23. The molecule has 2 amide bonds. The Bertz CT molecular complexity index is 705. The van der Waals surface area contributed by atoms with E-state index in [-0.39, 0.29) is 35.6 Å². The minimum absolute atomic E-state index is 0. The molecule has 0 aromatic heterocycles. The molecule has 1 aromatic rings. The first-order valence-corrected chi connectivity index (χ1v) is 10.6. The van der Waals surface area contributed by atoms with Gasteiger partial charge in [-0.3, -0.25) is 9.59 Å². The van der Waals surface area contributed by atoms with E-state index in [4.69, 9.17) is 0 Å². The summed E-state index contributed by atoms with van der Waals surface area (Å²) in [5.41, 5.74) is 1.28. The molecule has 2 atom stereocenters. The topological polar surface area (TPSA) is 70.2 Å². The number of halogens is 1. The number of nitrogens with one attached hydrogen (secondary N) is 3. The molecule has 0 radical (unpaired) electrons. The van der Waals surface area contributed by atoms with Crippen LogP contribution in [0.1, 0.15) is 57.8 Å². The molecule has 6 heteroatoms. The molecule has 3 fully saturated rings. The van der Waals surface area contributed by atoms with Crippen molar-refractivity contribution in [1.29, 1.82) is 0 Å². The molecule has 28 heavy (non-hydrogen) atoms. The Hall–Kier alpha value is -1.59. The molecule has 2 aliphatic carbocycles. The lowest BCUT2D eigenvalue weighted by molar-refractivity contribution is -0.128. The fraction of sp³-hybridized carbons (Fsp3) is 0.636. The van der Waals surface area contributed by atoms with Gasteiger partial charge in [0.2, 0.25) is 11.8 Å². The number of carbonyl (C=O) groups excluding carboxylic acids is 2. The molecular weight excluding hydrogens is 374 g/mol. The largest absolute Gasteiger partial charge is 0.326 e. The van der Waals surface area contributed by atoms with Crippen LogP contribution < -0.4 is 16.0 Å².